The Kier molecular flexibility index (Phi) is 3.88. The second kappa shape index (κ2) is 5.41. The molecule has 0 radical (unpaired) electrons. The molecular formula is C12H15N3O2S. The van der Waals surface area contributed by atoms with Gasteiger partial charge in [0.25, 0.3) is 0 Å². The van der Waals surface area contributed by atoms with Crippen LogP contribution in [0, 0.1) is 6.92 Å². The van der Waals surface area contributed by atoms with E-state index in [-0.39, 0.29) is 0 Å². The largest absolute Gasteiger partial charge is 0.496 e. The zero-order valence-electron chi connectivity index (χ0n) is 10.5. The molecule has 2 aromatic rings. The van der Waals surface area contributed by atoms with Gasteiger partial charge in [-0.1, -0.05) is 6.07 Å². The van der Waals surface area contributed by atoms with E-state index in [1.54, 1.807) is 14.0 Å². The van der Waals surface area contributed by atoms with E-state index in [2.05, 4.69) is 15.2 Å². The SMILES string of the molecule is COc1cccc(Sc2n[nH]c(C)n2)c1C(C)O. The number of hydrogen-bond acceptors (Lipinski definition) is 5. The van der Waals surface area contributed by atoms with Crippen LogP contribution in [-0.4, -0.2) is 27.4 Å². The first-order valence-electron chi connectivity index (χ1n) is 5.53. The molecule has 5 nitrogen and oxygen atoms in total. The molecule has 6 heteroatoms. The molecule has 1 unspecified atom stereocenters. The maximum absolute atomic E-state index is 9.86. The maximum Gasteiger partial charge on any atom is 0.213 e. The Morgan fingerprint density at radius 1 is 1.44 bits per heavy atom. The minimum Gasteiger partial charge on any atom is -0.496 e. The number of aromatic amines is 1. The third-order valence-electron chi connectivity index (χ3n) is 2.44. The number of aliphatic hydroxyl groups is 1. The van der Waals surface area contributed by atoms with Gasteiger partial charge >= 0.3 is 0 Å². The molecule has 1 aromatic carbocycles. The van der Waals surface area contributed by atoms with Crippen molar-refractivity contribution in [3.63, 3.8) is 0 Å². The number of aryl methyl sites for hydroxylation is 1. The van der Waals surface area contributed by atoms with Crippen LogP contribution in [0.3, 0.4) is 0 Å². The molecule has 0 saturated heterocycles. The van der Waals surface area contributed by atoms with E-state index in [9.17, 15) is 5.11 Å². The van der Waals surface area contributed by atoms with Crippen molar-refractivity contribution in [2.75, 3.05) is 7.11 Å². The minimum atomic E-state index is -0.608. The predicted octanol–water partition coefficient (Wildman–Crippen LogP) is 2.33. The minimum absolute atomic E-state index is 0.608. The molecule has 18 heavy (non-hydrogen) atoms. The summed E-state index contributed by atoms with van der Waals surface area (Å²) in [5, 5.41) is 17.3. The summed E-state index contributed by atoms with van der Waals surface area (Å²) in [6, 6.07) is 5.63. The van der Waals surface area contributed by atoms with E-state index in [0.717, 1.165) is 16.3 Å². The highest BCUT2D eigenvalue weighted by Crippen LogP contribution is 2.36. The molecule has 0 amide bonds. The average Bonchev–Trinajstić information content (AvgIpc) is 2.74. The number of rotatable bonds is 4. The van der Waals surface area contributed by atoms with Gasteiger partial charge in [0.2, 0.25) is 5.16 Å². The van der Waals surface area contributed by atoms with Gasteiger partial charge in [0.1, 0.15) is 11.6 Å². The fraction of sp³-hybridized carbons (Fsp3) is 0.333. The second-order valence-electron chi connectivity index (χ2n) is 3.85. The first-order valence-corrected chi connectivity index (χ1v) is 6.35. The van der Waals surface area contributed by atoms with Gasteiger partial charge in [-0.25, -0.2) is 4.98 Å². The lowest BCUT2D eigenvalue weighted by Crippen LogP contribution is -1.99. The number of aromatic nitrogens is 3. The third-order valence-corrected chi connectivity index (χ3v) is 3.38. The first kappa shape index (κ1) is 12.9. The highest BCUT2D eigenvalue weighted by molar-refractivity contribution is 7.99. The van der Waals surface area contributed by atoms with Crippen molar-refractivity contribution in [1.29, 1.82) is 0 Å². The molecule has 0 fully saturated rings. The molecule has 0 aliphatic heterocycles. The van der Waals surface area contributed by atoms with Crippen LogP contribution in [0.2, 0.25) is 0 Å². The Morgan fingerprint density at radius 2 is 2.22 bits per heavy atom. The third kappa shape index (κ3) is 2.65. The molecule has 96 valence electrons. The number of ether oxygens (including phenoxy) is 1. The molecule has 0 aliphatic carbocycles. The molecule has 2 N–H and O–H groups in total. The first-order chi connectivity index (χ1) is 8.61. The number of methoxy groups -OCH3 is 1. The van der Waals surface area contributed by atoms with Crippen LogP contribution in [0.4, 0.5) is 0 Å². The number of H-pyrrole nitrogens is 1. The lowest BCUT2D eigenvalue weighted by atomic mass is 10.1. The van der Waals surface area contributed by atoms with E-state index in [1.165, 1.54) is 11.8 Å². The summed E-state index contributed by atoms with van der Waals surface area (Å²) in [7, 11) is 1.59. The van der Waals surface area contributed by atoms with Crippen LogP contribution in [0.25, 0.3) is 0 Å². The molecule has 1 atom stereocenters. The van der Waals surface area contributed by atoms with Crippen molar-refractivity contribution in [3.05, 3.63) is 29.6 Å². The summed E-state index contributed by atoms with van der Waals surface area (Å²) in [6.45, 7) is 3.56. The van der Waals surface area contributed by atoms with Gasteiger partial charge in [0.05, 0.1) is 13.2 Å². The zero-order valence-corrected chi connectivity index (χ0v) is 11.3. The van der Waals surface area contributed by atoms with Crippen LogP contribution < -0.4 is 4.74 Å². The van der Waals surface area contributed by atoms with Crippen molar-refractivity contribution >= 4 is 11.8 Å². The fourth-order valence-electron chi connectivity index (χ4n) is 1.67. The number of nitrogens with one attached hydrogen (secondary N) is 1. The predicted molar refractivity (Wildman–Crippen MR) is 68.9 cm³/mol. The van der Waals surface area contributed by atoms with Gasteiger partial charge < -0.3 is 9.84 Å². The van der Waals surface area contributed by atoms with E-state index in [4.69, 9.17) is 4.74 Å². The van der Waals surface area contributed by atoms with Crippen molar-refractivity contribution < 1.29 is 9.84 Å². The quantitative estimate of drug-likeness (QED) is 0.887. The Bertz CT molecular complexity index is 540. The standard InChI is InChI=1S/C12H15N3O2S/c1-7(16)11-9(17-3)5-4-6-10(11)18-12-13-8(2)14-15-12/h4-7,16H,1-3H3,(H,13,14,15). The fourth-order valence-corrected chi connectivity index (χ4v) is 2.67. The highest BCUT2D eigenvalue weighted by Gasteiger charge is 2.16. The molecule has 1 aromatic heterocycles. The van der Waals surface area contributed by atoms with E-state index >= 15 is 0 Å². The van der Waals surface area contributed by atoms with Gasteiger partial charge in [0, 0.05) is 10.5 Å². The van der Waals surface area contributed by atoms with Gasteiger partial charge in [-0.05, 0) is 37.7 Å². The van der Waals surface area contributed by atoms with Gasteiger partial charge in [-0.2, -0.15) is 0 Å². The maximum atomic E-state index is 9.86. The molecule has 0 bridgehead atoms. The van der Waals surface area contributed by atoms with Crippen LogP contribution in [0.1, 0.15) is 24.4 Å². The van der Waals surface area contributed by atoms with Gasteiger partial charge in [-0.3, -0.25) is 5.10 Å². The van der Waals surface area contributed by atoms with E-state index in [1.807, 2.05) is 25.1 Å². The number of nitrogens with zero attached hydrogens (tertiary/aromatic N) is 2. The molecule has 1 heterocycles. The van der Waals surface area contributed by atoms with Crippen molar-refractivity contribution in [3.8, 4) is 5.75 Å². The van der Waals surface area contributed by atoms with E-state index < -0.39 is 6.10 Å². The van der Waals surface area contributed by atoms with Crippen LogP contribution >= 0.6 is 11.8 Å². The summed E-state index contributed by atoms with van der Waals surface area (Å²) in [5.41, 5.74) is 0.757. The summed E-state index contributed by atoms with van der Waals surface area (Å²) < 4.78 is 5.27. The summed E-state index contributed by atoms with van der Waals surface area (Å²) in [6.07, 6.45) is -0.608. The monoisotopic (exact) mass is 265 g/mol. The second-order valence-corrected chi connectivity index (χ2v) is 4.86. The zero-order chi connectivity index (χ0) is 13.1. The smallest absolute Gasteiger partial charge is 0.213 e. The molecule has 0 spiro atoms. The van der Waals surface area contributed by atoms with Crippen molar-refractivity contribution in [2.45, 2.75) is 30.0 Å². The molecule has 0 saturated carbocycles. The Labute approximate surface area is 110 Å². The average molecular weight is 265 g/mol. The molecule has 0 aliphatic rings. The van der Waals surface area contributed by atoms with Crippen molar-refractivity contribution in [1.82, 2.24) is 15.2 Å². The van der Waals surface area contributed by atoms with Crippen LogP contribution in [0.15, 0.2) is 28.3 Å². The highest BCUT2D eigenvalue weighted by atomic mass is 32.2. The molecule has 2 rings (SSSR count). The molecular weight excluding hydrogens is 250 g/mol. The summed E-state index contributed by atoms with van der Waals surface area (Å²) >= 11 is 1.40. The lowest BCUT2D eigenvalue weighted by Gasteiger charge is -2.14. The Hall–Kier alpha value is -1.53. The summed E-state index contributed by atoms with van der Waals surface area (Å²) in [4.78, 5) is 5.13. The van der Waals surface area contributed by atoms with E-state index in [0.29, 0.717) is 10.9 Å². The van der Waals surface area contributed by atoms with Crippen LogP contribution in [0.5, 0.6) is 5.75 Å². The number of hydrogen-bond donors (Lipinski definition) is 2. The number of aliphatic hydroxyl groups excluding tert-OH is 1. The van der Waals surface area contributed by atoms with Gasteiger partial charge in [-0.15, -0.1) is 5.10 Å². The van der Waals surface area contributed by atoms with Crippen molar-refractivity contribution in [2.24, 2.45) is 0 Å². The number of benzene rings is 1. The normalized spacial score (nSPS) is 12.4. The Balaban J connectivity index is 2.37. The summed E-state index contributed by atoms with van der Waals surface area (Å²) in [5.74, 6) is 1.43. The Morgan fingerprint density at radius 3 is 2.78 bits per heavy atom. The van der Waals surface area contributed by atoms with Crippen LogP contribution in [-0.2, 0) is 0 Å². The van der Waals surface area contributed by atoms with Gasteiger partial charge in [0.15, 0.2) is 0 Å². The topological polar surface area (TPSA) is 71.0 Å². The lowest BCUT2D eigenvalue weighted by molar-refractivity contribution is 0.191.